The molecule has 0 atom stereocenters. The first kappa shape index (κ1) is 10.8. The number of rotatable bonds is 1. The topological polar surface area (TPSA) is 66.8 Å². The maximum absolute atomic E-state index is 9.47. The molecule has 0 aliphatic rings. The van der Waals surface area contributed by atoms with Crippen LogP contribution in [0.15, 0.2) is 0 Å². The number of phosphoric acid groups is 1. The summed E-state index contributed by atoms with van der Waals surface area (Å²) in [6.07, 6.45) is 0. The van der Waals surface area contributed by atoms with Crippen molar-refractivity contribution in [2.24, 2.45) is 0 Å². The summed E-state index contributed by atoms with van der Waals surface area (Å²) >= 11 is 0. The number of hydrogen-bond acceptors (Lipinski definition) is 2. The van der Waals surface area contributed by atoms with Gasteiger partial charge in [0.15, 0.2) is 0 Å². The van der Waals surface area contributed by atoms with Gasteiger partial charge in [0.1, 0.15) is 0 Å². The van der Waals surface area contributed by atoms with E-state index < -0.39 is 7.82 Å². The van der Waals surface area contributed by atoms with Gasteiger partial charge in [0.05, 0.1) is 0 Å². The van der Waals surface area contributed by atoms with Crippen LogP contribution in [0.4, 0.5) is 0 Å². The Kier molecular flexibility index (Phi) is 5.90. The summed E-state index contributed by atoms with van der Waals surface area (Å²) in [6, 6.07) is 0. The monoisotopic (exact) mass is 138 g/mol. The minimum Gasteiger partial charge on any atom is -0.303 e. The molecule has 0 amide bonds. The van der Waals surface area contributed by atoms with Gasteiger partial charge in [-0.05, 0) is 0 Å². The maximum atomic E-state index is 9.47. The Labute approximate surface area is 57.3 Å². The summed E-state index contributed by atoms with van der Waals surface area (Å²) in [5.74, 6) is 0. The van der Waals surface area contributed by atoms with E-state index in [9.17, 15) is 4.57 Å². The highest BCUT2D eigenvalue weighted by Crippen LogP contribution is 2.33. The van der Waals surface area contributed by atoms with E-state index in [2.05, 4.69) is 4.52 Å². The van der Waals surface area contributed by atoms with E-state index in [1.54, 1.807) is 0 Å². The third-order valence-corrected chi connectivity index (χ3v) is 0.714. The molecule has 42 valence electrons. The van der Waals surface area contributed by atoms with E-state index >= 15 is 0 Å². The van der Waals surface area contributed by atoms with Crippen LogP contribution in [0, 0.1) is 0 Å². The second-order valence-corrected chi connectivity index (χ2v) is 2.02. The first-order valence-corrected chi connectivity index (χ1v) is 2.70. The predicted molar refractivity (Wildman–Crippen MR) is 27.6 cm³/mol. The van der Waals surface area contributed by atoms with Crippen LogP contribution in [0.1, 0.15) is 0 Å². The SMILES string of the molecule is COP(=O)(O)O.[MgH2]. The lowest BCUT2D eigenvalue weighted by molar-refractivity contribution is 0.235. The molecule has 0 unspecified atom stereocenters. The van der Waals surface area contributed by atoms with Crippen molar-refractivity contribution in [2.75, 3.05) is 7.11 Å². The summed E-state index contributed by atoms with van der Waals surface area (Å²) in [5, 5.41) is 0. The van der Waals surface area contributed by atoms with Gasteiger partial charge in [0.25, 0.3) is 0 Å². The van der Waals surface area contributed by atoms with E-state index in [-0.39, 0.29) is 23.1 Å². The summed E-state index contributed by atoms with van der Waals surface area (Å²) in [6.45, 7) is 0. The number of hydrogen-bond donors (Lipinski definition) is 2. The molecule has 0 rings (SSSR count). The van der Waals surface area contributed by atoms with Gasteiger partial charge in [-0.2, -0.15) is 0 Å². The van der Waals surface area contributed by atoms with Crippen molar-refractivity contribution >= 4 is 30.9 Å². The van der Waals surface area contributed by atoms with Gasteiger partial charge in [-0.15, -0.1) is 0 Å². The van der Waals surface area contributed by atoms with Crippen molar-refractivity contribution in [3.05, 3.63) is 0 Å². The number of phosphoric ester groups is 1. The molecule has 0 bridgehead atoms. The first-order chi connectivity index (χ1) is 2.56. The fraction of sp³-hybridized carbons (Fsp3) is 1.00. The highest BCUT2D eigenvalue weighted by molar-refractivity contribution is 7.46. The van der Waals surface area contributed by atoms with Crippen molar-refractivity contribution in [2.45, 2.75) is 0 Å². The van der Waals surface area contributed by atoms with E-state index in [0.717, 1.165) is 7.11 Å². The molecule has 0 aromatic heterocycles. The molecule has 0 spiro atoms. The molecule has 0 aliphatic carbocycles. The van der Waals surface area contributed by atoms with Gasteiger partial charge in [-0.3, -0.25) is 4.52 Å². The normalized spacial score (nSPS) is 10.1. The average Bonchev–Trinajstić information content (AvgIpc) is 1.35. The molecule has 0 fully saturated rings. The van der Waals surface area contributed by atoms with E-state index in [0.29, 0.717) is 0 Å². The van der Waals surface area contributed by atoms with Gasteiger partial charge in [-0.1, -0.05) is 0 Å². The molecule has 0 aliphatic heterocycles. The van der Waals surface area contributed by atoms with Gasteiger partial charge in [0.2, 0.25) is 0 Å². The second-order valence-electron chi connectivity index (χ2n) is 0.673. The fourth-order valence-electron chi connectivity index (χ4n) is 0. The molecule has 0 aromatic carbocycles. The molecule has 2 N–H and O–H groups in total. The van der Waals surface area contributed by atoms with E-state index in [4.69, 9.17) is 9.79 Å². The third-order valence-electron chi connectivity index (χ3n) is 0.238. The minimum absolute atomic E-state index is 0. The Bertz CT molecular complexity index is 75.8. The predicted octanol–water partition coefficient (Wildman–Crippen LogP) is -1.19. The van der Waals surface area contributed by atoms with Crippen molar-refractivity contribution in [1.29, 1.82) is 0 Å². The zero-order chi connectivity index (χ0) is 5.21. The van der Waals surface area contributed by atoms with Gasteiger partial charge < -0.3 is 9.79 Å². The lowest BCUT2D eigenvalue weighted by atomic mass is 11.8. The lowest BCUT2D eigenvalue weighted by Crippen LogP contribution is -1.76. The highest BCUT2D eigenvalue weighted by atomic mass is 31.2. The maximum Gasteiger partial charge on any atom is 0.469 e. The second kappa shape index (κ2) is 3.83. The fourth-order valence-corrected chi connectivity index (χ4v) is 0. The lowest BCUT2D eigenvalue weighted by Gasteiger charge is -1.93. The third kappa shape index (κ3) is 10.9. The van der Waals surface area contributed by atoms with Gasteiger partial charge >= 0.3 is 30.9 Å². The zero-order valence-corrected chi connectivity index (χ0v) is 4.05. The Morgan fingerprint density at radius 1 is 1.57 bits per heavy atom. The molecule has 7 heavy (non-hydrogen) atoms. The molecule has 0 saturated heterocycles. The molecule has 4 nitrogen and oxygen atoms in total. The van der Waals surface area contributed by atoms with E-state index in [1.807, 2.05) is 0 Å². The van der Waals surface area contributed by atoms with Gasteiger partial charge in [-0.25, -0.2) is 4.57 Å². The minimum atomic E-state index is -4.15. The molecule has 0 aromatic rings. The first-order valence-electron chi connectivity index (χ1n) is 1.17. The molecule has 6 heteroatoms. The van der Waals surface area contributed by atoms with E-state index in [1.165, 1.54) is 0 Å². The molecular weight excluding hydrogens is 131 g/mol. The van der Waals surface area contributed by atoms with Crippen LogP contribution in [-0.2, 0) is 9.09 Å². The van der Waals surface area contributed by atoms with Crippen LogP contribution in [0.2, 0.25) is 0 Å². The Morgan fingerprint density at radius 2 is 1.71 bits per heavy atom. The summed E-state index contributed by atoms with van der Waals surface area (Å²) < 4.78 is 13.1. The molecule has 0 radical (unpaired) electrons. The summed E-state index contributed by atoms with van der Waals surface area (Å²) in [4.78, 5) is 15.4. The van der Waals surface area contributed by atoms with Crippen LogP contribution >= 0.6 is 7.82 Å². The van der Waals surface area contributed by atoms with Crippen molar-refractivity contribution in [3.8, 4) is 0 Å². The van der Waals surface area contributed by atoms with Crippen LogP contribution < -0.4 is 0 Å². The van der Waals surface area contributed by atoms with Crippen molar-refractivity contribution in [3.63, 3.8) is 0 Å². The zero-order valence-electron chi connectivity index (χ0n) is 3.16. The van der Waals surface area contributed by atoms with Crippen LogP contribution in [0.3, 0.4) is 0 Å². The molecular formula is CH7MgO4P. The Hall–Kier alpha value is 0.876. The Morgan fingerprint density at radius 3 is 1.71 bits per heavy atom. The van der Waals surface area contributed by atoms with Crippen molar-refractivity contribution in [1.82, 2.24) is 0 Å². The smallest absolute Gasteiger partial charge is 0.303 e. The molecule has 0 heterocycles. The van der Waals surface area contributed by atoms with Crippen LogP contribution in [0.25, 0.3) is 0 Å². The largest absolute Gasteiger partial charge is 0.469 e. The quantitative estimate of drug-likeness (QED) is 0.353. The molecule has 0 saturated carbocycles. The van der Waals surface area contributed by atoms with Crippen LogP contribution in [0.5, 0.6) is 0 Å². The van der Waals surface area contributed by atoms with Crippen molar-refractivity contribution < 1.29 is 18.9 Å². The summed E-state index contributed by atoms with van der Waals surface area (Å²) in [7, 11) is -3.20. The Balaban J connectivity index is 0. The summed E-state index contributed by atoms with van der Waals surface area (Å²) in [5.41, 5.74) is 0. The van der Waals surface area contributed by atoms with Crippen LogP contribution in [-0.4, -0.2) is 39.9 Å². The standard InChI is InChI=1S/CH5O4P.Mg.2H/c1-5-6(2,3)4;;;/h1H3,(H2,2,3,4);;;. The highest BCUT2D eigenvalue weighted by Gasteiger charge is 2.07. The average molecular weight is 138 g/mol. The van der Waals surface area contributed by atoms with Gasteiger partial charge in [0, 0.05) is 7.11 Å².